The highest BCUT2D eigenvalue weighted by Crippen LogP contribution is 2.28. The average molecular weight is 643 g/mol. The predicted molar refractivity (Wildman–Crippen MR) is 176 cm³/mol. The van der Waals surface area contributed by atoms with Gasteiger partial charge in [0, 0.05) is 0 Å². The predicted octanol–water partition coefficient (Wildman–Crippen LogP) is 10.6. The Bertz CT molecular complexity index is 724. The molecule has 0 amide bonds. The van der Waals surface area contributed by atoms with E-state index in [1.54, 1.807) is 0 Å². The van der Waals surface area contributed by atoms with Crippen molar-refractivity contribution < 1.29 is 42.8 Å². The summed E-state index contributed by atoms with van der Waals surface area (Å²) < 4.78 is 32.8. The molecule has 0 heterocycles. The number of ether oxygens (including phenoxy) is 6. The van der Waals surface area contributed by atoms with E-state index >= 15 is 0 Å². The van der Waals surface area contributed by atoms with Crippen LogP contribution in [0.1, 0.15) is 157 Å². The van der Waals surface area contributed by atoms with Crippen LogP contribution < -0.4 is 0 Å². The van der Waals surface area contributed by atoms with E-state index < -0.39 is 36.8 Å². The molecule has 1 aliphatic carbocycles. The van der Waals surface area contributed by atoms with Crippen molar-refractivity contribution in [3.8, 4) is 0 Å². The molecule has 0 saturated heterocycles. The van der Waals surface area contributed by atoms with Crippen molar-refractivity contribution in [3.05, 3.63) is 0 Å². The molecule has 0 aromatic carbocycles. The Morgan fingerprint density at radius 1 is 0.467 bits per heavy atom. The molecule has 2 atom stereocenters. The summed E-state index contributed by atoms with van der Waals surface area (Å²) in [4.78, 5) is 37.7. The minimum absolute atomic E-state index is 0.239. The van der Waals surface area contributed by atoms with Crippen molar-refractivity contribution >= 4 is 18.5 Å². The van der Waals surface area contributed by atoms with Crippen LogP contribution in [-0.4, -0.2) is 56.6 Å². The van der Waals surface area contributed by atoms with Gasteiger partial charge in [-0.15, -0.1) is 0 Å². The fourth-order valence-electron chi connectivity index (χ4n) is 5.44. The molecule has 1 fully saturated rings. The van der Waals surface area contributed by atoms with Crippen molar-refractivity contribution in [2.45, 2.75) is 175 Å². The van der Waals surface area contributed by atoms with Crippen molar-refractivity contribution in [1.82, 2.24) is 0 Å². The number of carbonyl (C=O) groups excluding carboxylic acids is 3. The molecular weight excluding hydrogens is 576 g/mol. The summed E-state index contributed by atoms with van der Waals surface area (Å²) in [6, 6.07) is 0. The van der Waals surface area contributed by atoms with E-state index in [-0.39, 0.29) is 19.8 Å². The lowest BCUT2D eigenvalue weighted by Crippen LogP contribution is -2.48. The Morgan fingerprint density at radius 2 is 0.778 bits per heavy atom. The van der Waals surface area contributed by atoms with Gasteiger partial charge in [-0.1, -0.05) is 119 Å². The van der Waals surface area contributed by atoms with Crippen molar-refractivity contribution in [1.29, 1.82) is 0 Å². The van der Waals surface area contributed by atoms with Gasteiger partial charge in [0.25, 0.3) is 0 Å². The second-order valence-electron chi connectivity index (χ2n) is 13.9. The SMILES string of the molecule is CC(C)CCCCCCOC(=O)OC1CCCC(OC(=O)OCCCCCCC(C)C)C1OC(=O)OCCCCCCC(C)C. The summed E-state index contributed by atoms with van der Waals surface area (Å²) in [5, 5.41) is 0. The topological polar surface area (TPSA) is 107 Å². The minimum Gasteiger partial charge on any atom is -0.434 e. The lowest BCUT2D eigenvalue weighted by Gasteiger charge is -2.35. The third-order valence-electron chi connectivity index (χ3n) is 8.12. The molecule has 0 radical (unpaired) electrons. The largest absolute Gasteiger partial charge is 0.508 e. The van der Waals surface area contributed by atoms with Gasteiger partial charge in [-0.3, -0.25) is 0 Å². The summed E-state index contributed by atoms with van der Waals surface area (Å²) in [6.45, 7) is 14.1. The zero-order valence-electron chi connectivity index (χ0n) is 29.5. The van der Waals surface area contributed by atoms with Gasteiger partial charge in [-0.05, 0) is 56.3 Å². The van der Waals surface area contributed by atoms with Crippen LogP contribution in [-0.2, 0) is 28.4 Å². The van der Waals surface area contributed by atoms with E-state index in [2.05, 4.69) is 41.5 Å². The molecule has 264 valence electrons. The maximum Gasteiger partial charge on any atom is 0.508 e. The highest BCUT2D eigenvalue weighted by atomic mass is 16.8. The third-order valence-corrected chi connectivity index (χ3v) is 8.12. The van der Waals surface area contributed by atoms with Gasteiger partial charge >= 0.3 is 18.5 Å². The maximum atomic E-state index is 12.6. The minimum atomic E-state index is -1.01. The first kappa shape index (κ1) is 40.8. The Kier molecular flexibility index (Phi) is 23.5. The monoisotopic (exact) mass is 642 g/mol. The third kappa shape index (κ3) is 22.9. The lowest BCUT2D eigenvalue weighted by molar-refractivity contribution is -0.126. The molecule has 1 rings (SSSR count). The van der Waals surface area contributed by atoms with E-state index in [1.807, 2.05) is 0 Å². The van der Waals surface area contributed by atoms with Crippen LogP contribution in [0.5, 0.6) is 0 Å². The summed E-state index contributed by atoms with van der Waals surface area (Å²) in [7, 11) is 0. The van der Waals surface area contributed by atoms with Gasteiger partial charge in [-0.2, -0.15) is 0 Å². The van der Waals surface area contributed by atoms with Crippen molar-refractivity contribution in [3.63, 3.8) is 0 Å². The van der Waals surface area contributed by atoms with Gasteiger partial charge in [0.15, 0.2) is 6.10 Å². The van der Waals surface area contributed by atoms with Gasteiger partial charge in [0.05, 0.1) is 19.8 Å². The van der Waals surface area contributed by atoms with Crippen LogP contribution >= 0.6 is 0 Å². The van der Waals surface area contributed by atoms with Gasteiger partial charge in [-0.25, -0.2) is 14.4 Å². The zero-order valence-corrected chi connectivity index (χ0v) is 29.5. The molecule has 0 bridgehead atoms. The Labute approximate surface area is 274 Å². The first-order chi connectivity index (χ1) is 21.6. The summed E-state index contributed by atoms with van der Waals surface area (Å²) in [6.07, 6.45) is 11.9. The van der Waals surface area contributed by atoms with Crippen molar-refractivity contribution in [2.24, 2.45) is 17.8 Å². The smallest absolute Gasteiger partial charge is 0.434 e. The summed E-state index contributed by atoms with van der Waals surface area (Å²) in [5.74, 6) is 2.07. The second kappa shape index (κ2) is 25.9. The summed E-state index contributed by atoms with van der Waals surface area (Å²) >= 11 is 0. The standard InChI is InChI=1S/C36H66O9/c1-28(2)20-13-7-10-16-25-40-34(37)43-31-23-19-24-32(44-35(38)41-26-17-11-8-14-21-29(3)4)33(31)45-36(39)42-27-18-12-9-15-22-30(5)6/h28-33H,7-27H2,1-6H3. The van der Waals surface area contributed by atoms with E-state index in [4.69, 9.17) is 28.4 Å². The lowest BCUT2D eigenvalue weighted by atomic mass is 9.91. The number of hydrogen-bond donors (Lipinski definition) is 0. The molecule has 0 aromatic heterocycles. The molecule has 9 heteroatoms. The Morgan fingerprint density at radius 3 is 1.11 bits per heavy atom. The maximum absolute atomic E-state index is 12.6. The number of hydrogen-bond acceptors (Lipinski definition) is 9. The second-order valence-corrected chi connectivity index (χ2v) is 13.9. The molecule has 0 aromatic rings. The molecule has 0 N–H and O–H groups in total. The zero-order chi connectivity index (χ0) is 33.3. The molecule has 0 aliphatic heterocycles. The molecule has 1 saturated carbocycles. The Hall–Kier alpha value is -2.19. The van der Waals surface area contributed by atoms with Crippen LogP contribution in [0.15, 0.2) is 0 Å². The van der Waals surface area contributed by atoms with Gasteiger partial charge < -0.3 is 28.4 Å². The van der Waals surface area contributed by atoms with E-state index in [1.165, 1.54) is 32.1 Å². The number of carbonyl (C=O) groups is 3. The van der Waals surface area contributed by atoms with Crippen LogP contribution in [0.4, 0.5) is 14.4 Å². The quantitative estimate of drug-likeness (QED) is 0.0577. The molecule has 1 aliphatic rings. The number of rotatable bonds is 24. The van der Waals surface area contributed by atoms with Crippen molar-refractivity contribution in [2.75, 3.05) is 19.8 Å². The fraction of sp³-hybridized carbons (Fsp3) is 0.917. The van der Waals surface area contributed by atoms with Gasteiger partial charge in [0.2, 0.25) is 0 Å². The average Bonchev–Trinajstić information content (AvgIpc) is 2.96. The number of unbranched alkanes of at least 4 members (excludes halogenated alkanes) is 9. The van der Waals surface area contributed by atoms with Crippen LogP contribution in [0.25, 0.3) is 0 Å². The Balaban J connectivity index is 2.58. The van der Waals surface area contributed by atoms with Crippen LogP contribution in [0.3, 0.4) is 0 Å². The molecule has 0 spiro atoms. The van der Waals surface area contributed by atoms with Gasteiger partial charge in [0.1, 0.15) is 12.2 Å². The first-order valence-electron chi connectivity index (χ1n) is 18.1. The molecule has 45 heavy (non-hydrogen) atoms. The van der Waals surface area contributed by atoms with E-state index in [0.29, 0.717) is 37.0 Å². The van der Waals surface area contributed by atoms with Crippen LogP contribution in [0, 0.1) is 17.8 Å². The fourth-order valence-corrected chi connectivity index (χ4v) is 5.44. The highest BCUT2D eigenvalue weighted by molar-refractivity contribution is 5.62. The normalized spacial score (nSPS) is 18.2. The molecular formula is C36H66O9. The van der Waals surface area contributed by atoms with E-state index in [9.17, 15) is 14.4 Å². The van der Waals surface area contributed by atoms with Crippen LogP contribution in [0.2, 0.25) is 0 Å². The first-order valence-corrected chi connectivity index (χ1v) is 18.1. The molecule has 9 nitrogen and oxygen atoms in total. The van der Waals surface area contributed by atoms with E-state index in [0.717, 1.165) is 64.2 Å². The summed E-state index contributed by atoms with van der Waals surface area (Å²) in [5.41, 5.74) is 0. The molecule has 2 unspecified atom stereocenters. The highest BCUT2D eigenvalue weighted by Gasteiger charge is 2.42.